The predicted molar refractivity (Wildman–Crippen MR) is 84.4 cm³/mol. The van der Waals surface area contributed by atoms with Crippen molar-refractivity contribution in [2.75, 3.05) is 7.05 Å². The van der Waals surface area contributed by atoms with E-state index in [9.17, 15) is 14.7 Å². The van der Waals surface area contributed by atoms with Crippen molar-refractivity contribution in [1.29, 1.82) is 0 Å². The normalized spacial score (nSPS) is 19.1. The summed E-state index contributed by atoms with van der Waals surface area (Å²) in [5, 5.41) is 15.3. The molecule has 0 heterocycles. The van der Waals surface area contributed by atoms with E-state index in [0.717, 1.165) is 12.8 Å². The Balaban J connectivity index is 2.68. The summed E-state index contributed by atoms with van der Waals surface area (Å²) in [4.78, 5) is 23.7. The van der Waals surface area contributed by atoms with Crippen LogP contribution < -0.4 is 10.6 Å². The molecule has 1 aliphatic rings. The summed E-state index contributed by atoms with van der Waals surface area (Å²) in [6.07, 6.45) is 4.45. The van der Waals surface area contributed by atoms with E-state index >= 15 is 0 Å². The number of rotatable bonds is 5. The van der Waals surface area contributed by atoms with Crippen molar-refractivity contribution in [2.24, 2.45) is 5.92 Å². The molecule has 0 saturated heterocycles. The predicted octanol–water partition coefficient (Wildman–Crippen LogP) is 1.96. The average Bonchev–Trinajstić information content (AvgIpc) is 2.44. The van der Waals surface area contributed by atoms with E-state index in [1.807, 2.05) is 0 Å². The van der Waals surface area contributed by atoms with Crippen molar-refractivity contribution in [2.45, 2.75) is 77.0 Å². The third-order valence-electron chi connectivity index (χ3n) is 3.91. The van der Waals surface area contributed by atoms with E-state index in [2.05, 4.69) is 10.6 Å². The van der Waals surface area contributed by atoms with E-state index in [-0.39, 0.29) is 0 Å². The molecule has 0 aromatic heterocycles. The summed E-state index contributed by atoms with van der Waals surface area (Å²) in [5.41, 5.74) is -0.614. The zero-order valence-electron chi connectivity index (χ0n) is 14.1. The average molecular weight is 314 g/mol. The van der Waals surface area contributed by atoms with Gasteiger partial charge in [-0.05, 0) is 33.1 Å². The Kier molecular flexibility index (Phi) is 7.13. The second kappa shape index (κ2) is 8.36. The third kappa shape index (κ3) is 6.64. The van der Waals surface area contributed by atoms with Crippen LogP contribution in [0.25, 0.3) is 0 Å². The van der Waals surface area contributed by atoms with Crippen molar-refractivity contribution in [3.05, 3.63) is 0 Å². The summed E-state index contributed by atoms with van der Waals surface area (Å²) in [6.45, 7) is 5.33. The van der Waals surface area contributed by atoms with Gasteiger partial charge in [-0.1, -0.05) is 32.1 Å². The van der Waals surface area contributed by atoms with Crippen molar-refractivity contribution in [3.8, 4) is 0 Å². The molecule has 2 amide bonds. The molecule has 6 nitrogen and oxygen atoms in total. The number of aliphatic hydroxyl groups is 1. The van der Waals surface area contributed by atoms with Crippen molar-refractivity contribution in [1.82, 2.24) is 10.6 Å². The molecule has 0 radical (unpaired) electrons. The van der Waals surface area contributed by atoms with Gasteiger partial charge in [-0.2, -0.15) is 0 Å². The van der Waals surface area contributed by atoms with Gasteiger partial charge in [-0.15, -0.1) is 0 Å². The Hall–Kier alpha value is -1.30. The minimum atomic E-state index is -1.26. The second-order valence-electron chi connectivity index (χ2n) is 7.05. The first-order valence-corrected chi connectivity index (χ1v) is 8.12. The van der Waals surface area contributed by atoms with E-state index in [1.165, 1.54) is 26.3 Å². The van der Waals surface area contributed by atoms with Crippen LogP contribution >= 0.6 is 0 Å². The molecule has 1 saturated carbocycles. The van der Waals surface area contributed by atoms with E-state index in [1.54, 1.807) is 20.8 Å². The molecule has 128 valence electrons. The summed E-state index contributed by atoms with van der Waals surface area (Å²) in [6, 6.07) is -0.627. The number of nitrogens with one attached hydrogen (secondary N) is 2. The largest absolute Gasteiger partial charge is 0.444 e. The molecule has 0 unspecified atom stereocenters. The zero-order chi connectivity index (χ0) is 16.8. The molecule has 0 aliphatic heterocycles. The number of carbonyl (C=O) groups excluding carboxylic acids is 2. The molecule has 1 aliphatic carbocycles. The number of aliphatic hydroxyl groups excluding tert-OH is 1. The van der Waals surface area contributed by atoms with Crippen LogP contribution in [0.3, 0.4) is 0 Å². The third-order valence-corrected chi connectivity index (χ3v) is 3.91. The Morgan fingerprint density at radius 3 is 2.32 bits per heavy atom. The van der Waals surface area contributed by atoms with Gasteiger partial charge in [0.25, 0.3) is 5.91 Å². The Bertz CT molecular complexity index is 373. The lowest BCUT2D eigenvalue weighted by atomic mass is 9.83. The van der Waals surface area contributed by atoms with Crippen LogP contribution in [0.15, 0.2) is 0 Å². The van der Waals surface area contributed by atoms with Gasteiger partial charge in [-0.3, -0.25) is 4.79 Å². The number of amides is 2. The Morgan fingerprint density at radius 1 is 1.23 bits per heavy atom. The van der Waals surface area contributed by atoms with Crippen LogP contribution in [0.4, 0.5) is 4.79 Å². The lowest BCUT2D eigenvalue weighted by Gasteiger charge is -2.30. The molecule has 1 rings (SSSR count). The number of hydrogen-bond donors (Lipinski definition) is 3. The molecular formula is C16H30N2O4. The monoisotopic (exact) mass is 314 g/mol. The number of carbonyl (C=O) groups is 2. The fourth-order valence-electron chi connectivity index (χ4n) is 2.84. The number of likely N-dealkylation sites (N-methyl/N-ethyl adjacent to an activating group) is 1. The first kappa shape index (κ1) is 18.7. The van der Waals surface area contributed by atoms with Gasteiger partial charge in [0.2, 0.25) is 0 Å². The first-order chi connectivity index (χ1) is 10.2. The van der Waals surface area contributed by atoms with Crippen molar-refractivity contribution >= 4 is 12.0 Å². The van der Waals surface area contributed by atoms with Gasteiger partial charge >= 0.3 is 6.09 Å². The fraction of sp³-hybridized carbons (Fsp3) is 0.875. The summed E-state index contributed by atoms with van der Waals surface area (Å²) >= 11 is 0. The van der Waals surface area contributed by atoms with E-state index in [0.29, 0.717) is 12.3 Å². The highest BCUT2D eigenvalue weighted by Gasteiger charge is 2.31. The topological polar surface area (TPSA) is 87.7 Å². The SMILES string of the molecule is CNC(=O)[C@@H](O)[C@@H](CC1CCCCC1)NC(=O)OC(C)(C)C. The van der Waals surface area contributed by atoms with Gasteiger partial charge in [0.15, 0.2) is 6.10 Å². The number of ether oxygens (including phenoxy) is 1. The molecule has 6 heteroatoms. The minimum Gasteiger partial charge on any atom is -0.444 e. The summed E-state index contributed by atoms with van der Waals surface area (Å²) < 4.78 is 5.23. The highest BCUT2D eigenvalue weighted by Crippen LogP contribution is 2.28. The second-order valence-corrected chi connectivity index (χ2v) is 7.05. The van der Waals surface area contributed by atoms with Gasteiger partial charge in [0.05, 0.1) is 6.04 Å². The van der Waals surface area contributed by atoms with Crippen LogP contribution in [-0.2, 0) is 9.53 Å². The maximum absolute atomic E-state index is 11.9. The summed E-state index contributed by atoms with van der Waals surface area (Å²) in [5.74, 6) is -0.0649. The highest BCUT2D eigenvalue weighted by atomic mass is 16.6. The zero-order valence-corrected chi connectivity index (χ0v) is 14.1. The van der Waals surface area contributed by atoms with Crippen LogP contribution in [0.5, 0.6) is 0 Å². The van der Waals surface area contributed by atoms with E-state index < -0.39 is 29.7 Å². The lowest BCUT2D eigenvalue weighted by Crippen LogP contribution is -2.51. The number of hydrogen-bond acceptors (Lipinski definition) is 4. The molecule has 0 spiro atoms. The molecule has 2 atom stereocenters. The minimum absolute atomic E-state index is 0.424. The van der Waals surface area contributed by atoms with Crippen molar-refractivity contribution in [3.63, 3.8) is 0 Å². The fourth-order valence-corrected chi connectivity index (χ4v) is 2.84. The first-order valence-electron chi connectivity index (χ1n) is 8.12. The molecule has 1 fully saturated rings. The van der Waals surface area contributed by atoms with Gasteiger partial charge in [0, 0.05) is 7.05 Å². The Labute approximate surface area is 133 Å². The van der Waals surface area contributed by atoms with Crippen LogP contribution in [0, 0.1) is 5.92 Å². The molecular weight excluding hydrogens is 284 g/mol. The van der Waals surface area contributed by atoms with Crippen LogP contribution in [0.2, 0.25) is 0 Å². The van der Waals surface area contributed by atoms with Crippen LogP contribution in [0.1, 0.15) is 59.3 Å². The van der Waals surface area contributed by atoms with Gasteiger partial charge in [0.1, 0.15) is 5.60 Å². The quantitative estimate of drug-likeness (QED) is 0.724. The highest BCUT2D eigenvalue weighted by molar-refractivity contribution is 5.81. The standard InChI is InChI=1S/C16H30N2O4/c1-16(2,3)22-15(21)18-12(13(19)14(20)17-4)10-11-8-6-5-7-9-11/h11-13,19H,5-10H2,1-4H3,(H,17,20)(H,18,21)/t12-,13+/m1/s1. The van der Waals surface area contributed by atoms with Gasteiger partial charge < -0.3 is 20.5 Å². The molecule has 0 bridgehead atoms. The van der Waals surface area contributed by atoms with Crippen molar-refractivity contribution < 1.29 is 19.4 Å². The molecule has 3 N–H and O–H groups in total. The van der Waals surface area contributed by atoms with Crippen LogP contribution in [-0.4, -0.2) is 41.9 Å². The Morgan fingerprint density at radius 2 is 1.82 bits per heavy atom. The molecule has 22 heavy (non-hydrogen) atoms. The molecule has 0 aromatic rings. The smallest absolute Gasteiger partial charge is 0.407 e. The summed E-state index contributed by atoms with van der Waals surface area (Å²) in [7, 11) is 1.47. The van der Waals surface area contributed by atoms with E-state index in [4.69, 9.17) is 4.74 Å². The maximum Gasteiger partial charge on any atom is 0.407 e. The molecule has 0 aromatic carbocycles. The number of alkyl carbamates (subject to hydrolysis) is 1. The lowest BCUT2D eigenvalue weighted by molar-refractivity contribution is -0.130. The maximum atomic E-state index is 11.9. The van der Waals surface area contributed by atoms with Gasteiger partial charge in [-0.25, -0.2) is 4.79 Å².